The molecule has 1 spiro atoms. The average molecular weight is 391 g/mol. The van der Waals surface area contributed by atoms with Gasteiger partial charge in [0.2, 0.25) is 5.91 Å². The Kier molecular flexibility index (Phi) is 5.78. The first-order valence-corrected chi connectivity index (χ1v) is 9.66. The van der Waals surface area contributed by atoms with Gasteiger partial charge in [-0.2, -0.15) is 0 Å². The van der Waals surface area contributed by atoms with Gasteiger partial charge >= 0.3 is 0 Å². The monoisotopic (exact) mass is 390 g/mol. The zero-order valence-corrected chi connectivity index (χ0v) is 16.3. The van der Waals surface area contributed by atoms with E-state index in [-0.39, 0.29) is 29.0 Å². The SMILES string of the molecule is COc1ccccc1CNC(=O)C1CSC23CC=CC=C2N=CCC13.Cl. The normalized spacial score (nSPS) is 28.4. The van der Waals surface area contributed by atoms with E-state index in [9.17, 15) is 4.79 Å². The molecule has 1 amide bonds. The number of carbonyl (C=O) groups is 1. The summed E-state index contributed by atoms with van der Waals surface area (Å²) in [6, 6.07) is 7.82. The molecule has 3 unspecified atom stereocenters. The number of benzene rings is 1. The Morgan fingerprint density at radius 1 is 1.42 bits per heavy atom. The van der Waals surface area contributed by atoms with Crippen molar-refractivity contribution in [3.05, 3.63) is 53.8 Å². The van der Waals surface area contributed by atoms with Crippen molar-refractivity contribution < 1.29 is 9.53 Å². The molecule has 1 N–H and O–H groups in total. The van der Waals surface area contributed by atoms with Crippen molar-refractivity contribution >= 4 is 36.3 Å². The van der Waals surface area contributed by atoms with Gasteiger partial charge in [0.15, 0.2) is 0 Å². The van der Waals surface area contributed by atoms with Gasteiger partial charge in [-0.3, -0.25) is 9.79 Å². The molecule has 1 saturated heterocycles. The van der Waals surface area contributed by atoms with E-state index < -0.39 is 0 Å². The van der Waals surface area contributed by atoms with Crippen molar-refractivity contribution in [2.45, 2.75) is 24.1 Å². The van der Waals surface area contributed by atoms with E-state index in [1.54, 1.807) is 7.11 Å². The van der Waals surface area contributed by atoms with Gasteiger partial charge in [0, 0.05) is 24.1 Å². The molecular formula is C20H23ClN2O2S. The molecule has 6 heteroatoms. The van der Waals surface area contributed by atoms with Crippen LogP contribution in [0, 0.1) is 11.8 Å². The number of thioether (sulfide) groups is 1. The first-order valence-electron chi connectivity index (χ1n) is 8.68. The van der Waals surface area contributed by atoms with Crippen LogP contribution in [0.25, 0.3) is 0 Å². The lowest BCUT2D eigenvalue weighted by atomic mass is 9.73. The molecule has 3 aliphatic rings. The largest absolute Gasteiger partial charge is 0.496 e. The molecule has 26 heavy (non-hydrogen) atoms. The van der Waals surface area contributed by atoms with Crippen LogP contribution in [0.5, 0.6) is 5.75 Å². The van der Waals surface area contributed by atoms with Gasteiger partial charge in [-0.15, -0.1) is 24.2 Å². The predicted molar refractivity (Wildman–Crippen MR) is 109 cm³/mol. The highest BCUT2D eigenvalue weighted by Gasteiger charge is 2.54. The van der Waals surface area contributed by atoms with Gasteiger partial charge in [0.1, 0.15) is 5.75 Å². The second-order valence-electron chi connectivity index (χ2n) is 6.67. The number of ether oxygens (including phenoxy) is 1. The molecule has 2 heterocycles. The van der Waals surface area contributed by atoms with Gasteiger partial charge in [-0.1, -0.05) is 30.4 Å². The molecule has 1 aromatic carbocycles. The first kappa shape index (κ1) is 19.1. The van der Waals surface area contributed by atoms with Crippen LogP contribution in [0.1, 0.15) is 18.4 Å². The zero-order valence-electron chi connectivity index (χ0n) is 14.7. The lowest BCUT2D eigenvalue weighted by Gasteiger charge is -2.39. The van der Waals surface area contributed by atoms with E-state index in [1.807, 2.05) is 42.2 Å². The summed E-state index contributed by atoms with van der Waals surface area (Å²) in [5.74, 6) is 2.17. The number of halogens is 1. The third-order valence-electron chi connectivity index (χ3n) is 5.42. The maximum Gasteiger partial charge on any atom is 0.224 e. The maximum atomic E-state index is 12.9. The van der Waals surface area contributed by atoms with Gasteiger partial charge in [-0.05, 0) is 30.9 Å². The van der Waals surface area contributed by atoms with Crippen molar-refractivity contribution in [1.29, 1.82) is 0 Å². The van der Waals surface area contributed by atoms with Crippen LogP contribution in [0.3, 0.4) is 0 Å². The van der Waals surface area contributed by atoms with E-state index in [0.717, 1.165) is 35.6 Å². The third kappa shape index (κ3) is 3.19. The van der Waals surface area contributed by atoms with Gasteiger partial charge < -0.3 is 10.1 Å². The van der Waals surface area contributed by atoms with Crippen molar-refractivity contribution in [1.82, 2.24) is 5.32 Å². The number of nitrogens with one attached hydrogen (secondary N) is 1. The Morgan fingerprint density at radius 2 is 2.27 bits per heavy atom. The number of hydrogen-bond donors (Lipinski definition) is 1. The summed E-state index contributed by atoms with van der Waals surface area (Å²) in [5, 5.41) is 3.13. The van der Waals surface area contributed by atoms with Crippen molar-refractivity contribution in [3.63, 3.8) is 0 Å². The Labute approximate surface area is 164 Å². The van der Waals surface area contributed by atoms with E-state index in [4.69, 9.17) is 4.74 Å². The minimum absolute atomic E-state index is 0. The summed E-state index contributed by atoms with van der Waals surface area (Å²) < 4.78 is 5.37. The average Bonchev–Trinajstić information content (AvgIpc) is 3.04. The van der Waals surface area contributed by atoms with Crippen LogP contribution in [-0.2, 0) is 11.3 Å². The fourth-order valence-corrected chi connectivity index (χ4v) is 5.92. The minimum Gasteiger partial charge on any atom is -0.496 e. The van der Waals surface area contributed by atoms with Crippen molar-refractivity contribution in [3.8, 4) is 5.75 Å². The first-order chi connectivity index (χ1) is 12.2. The van der Waals surface area contributed by atoms with E-state index in [2.05, 4.69) is 28.5 Å². The van der Waals surface area contributed by atoms with Gasteiger partial charge in [-0.25, -0.2) is 0 Å². The molecule has 0 aromatic heterocycles. The molecule has 1 fully saturated rings. The number of carbonyl (C=O) groups excluding carboxylic acids is 1. The second kappa shape index (κ2) is 7.89. The Bertz CT molecular complexity index is 777. The van der Waals surface area contributed by atoms with Crippen molar-refractivity contribution in [2.75, 3.05) is 12.9 Å². The van der Waals surface area contributed by atoms with Crippen LogP contribution in [0.2, 0.25) is 0 Å². The highest BCUT2D eigenvalue weighted by atomic mass is 35.5. The van der Waals surface area contributed by atoms with E-state index >= 15 is 0 Å². The number of methoxy groups -OCH3 is 1. The Balaban J connectivity index is 0.00000196. The fraction of sp³-hybridized carbons (Fsp3) is 0.400. The molecule has 4 rings (SSSR count). The topological polar surface area (TPSA) is 50.7 Å². The maximum absolute atomic E-state index is 12.9. The molecular weight excluding hydrogens is 368 g/mol. The molecule has 0 bridgehead atoms. The number of amides is 1. The Hall–Kier alpha value is -1.72. The fourth-order valence-electron chi connectivity index (χ4n) is 4.10. The number of nitrogens with zero attached hydrogens (tertiary/aromatic N) is 1. The summed E-state index contributed by atoms with van der Waals surface area (Å²) in [5.41, 5.74) is 2.14. The van der Waals surface area contributed by atoms with Gasteiger partial charge in [0.05, 0.1) is 23.5 Å². The smallest absolute Gasteiger partial charge is 0.224 e. The van der Waals surface area contributed by atoms with E-state index in [0.29, 0.717) is 12.5 Å². The summed E-state index contributed by atoms with van der Waals surface area (Å²) in [4.78, 5) is 17.5. The molecule has 1 aromatic rings. The highest BCUT2D eigenvalue weighted by molar-refractivity contribution is 8.01. The molecule has 2 aliphatic heterocycles. The van der Waals surface area contributed by atoms with Gasteiger partial charge in [0.25, 0.3) is 0 Å². The zero-order chi connectivity index (χ0) is 17.3. The summed E-state index contributed by atoms with van der Waals surface area (Å²) in [6.45, 7) is 0.500. The number of allylic oxidation sites excluding steroid dienone is 3. The minimum atomic E-state index is -0.00402. The number of hydrogen-bond acceptors (Lipinski definition) is 4. The second-order valence-corrected chi connectivity index (χ2v) is 8.03. The quantitative estimate of drug-likeness (QED) is 0.851. The standard InChI is InChI=1S/C20H22N2O2S.ClH/c1-24-17-7-3-2-6-14(17)12-22-19(23)15-13-25-20-10-5-4-8-18(20)21-11-9-16(15)20;/h2-8,11,15-16H,9-10,12-13H2,1H3,(H,22,23);1H. The molecule has 0 radical (unpaired) electrons. The third-order valence-corrected chi connectivity index (χ3v) is 7.14. The summed E-state index contributed by atoms with van der Waals surface area (Å²) in [6.07, 6.45) is 10.2. The number of aliphatic imine (C=N–C) groups is 1. The molecule has 3 atom stereocenters. The molecule has 1 aliphatic carbocycles. The predicted octanol–water partition coefficient (Wildman–Crippen LogP) is 3.77. The number of para-hydroxylation sites is 1. The lowest BCUT2D eigenvalue weighted by Crippen LogP contribution is -2.43. The summed E-state index contributed by atoms with van der Waals surface area (Å²) in [7, 11) is 1.66. The van der Waals surface area contributed by atoms with Crippen LogP contribution >= 0.6 is 24.2 Å². The van der Waals surface area contributed by atoms with Crippen LogP contribution in [0.4, 0.5) is 0 Å². The number of rotatable bonds is 4. The highest BCUT2D eigenvalue weighted by Crippen LogP contribution is 2.57. The van der Waals surface area contributed by atoms with E-state index in [1.165, 1.54) is 0 Å². The molecule has 138 valence electrons. The summed E-state index contributed by atoms with van der Waals surface area (Å²) >= 11 is 1.90. The lowest BCUT2D eigenvalue weighted by molar-refractivity contribution is -0.126. The molecule has 4 nitrogen and oxygen atoms in total. The van der Waals surface area contributed by atoms with Crippen molar-refractivity contribution in [2.24, 2.45) is 16.8 Å². The van der Waals surface area contributed by atoms with Crippen LogP contribution in [-0.4, -0.2) is 29.7 Å². The van der Waals surface area contributed by atoms with Crippen LogP contribution in [0.15, 0.2) is 53.2 Å². The molecule has 0 saturated carbocycles. The van der Waals surface area contributed by atoms with Crippen LogP contribution < -0.4 is 10.1 Å². The Morgan fingerprint density at radius 3 is 3.12 bits per heavy atom.